The minimum Gasteiger partial charge on any atom is -0.431 e. The summed E-state index contributed by atoms with van der Waals surface area (Å²) in [6, 6.07) is 5.42. The summed E-state index contributed by atoms with van der Waals surface area (Å²) in [5.74, 6) is 0. The van der Waals surface area contributed by atoms with Crippen molar-refractivity contribution in [1.29, 1.82) is 0 Å². The zero-order valence-electron chi connectivity index (χ0n) is 8.44. The van der Waals surface area contributed by atoms with Gasteiger partial charge in [0.15, 0.2) is 0 Å². The molecule has 92 valence electrons. The molecule has 1 atom stereocenters. The molecule has 0 saturated carbocycles. The average molecular weight is 247 g/mol. The fraction of sp³-hybridized carbons (Fsp3) is 0.300. The van der Waals surface area contributed by atoms with Gasteiger partial charge in [-0.25, -0.2) is 4.79 Å². The molecule has 1 unspecified atom stereocenters. The Labute approximate surface area is 94.2 Å². The van der Waals surface area contributed by atoms with Crippen LogP contribution in [0.15, 0.2) is 24.3 Å². The first-order valence-corrected chi connectivity index (χ1v) is 4.70. The molecule has 0 fully saturated rings. The Hall–Kier alpha value is -1.76. The fourth-order valence-corrected chi connectivity index (χ4v) is 1.66. The van der Waals surface area contributed by atoms with Crippen LogP contribution in [0, 0.1) is 0 Å². The number of ether oxygens (including phenoxy) is 1. The number of aliphatic hydroxyl groups is 1. The summed E-state index contributed by atoms with van der Waals surface area (Å²) in [6.45, 7) is -0.736. The van der Waals surface area contributed by atoms with Crippen molar-refractivity contribution >= 4 is 11.8 Å². The van der Waals surface area contributed by atoms with Gasteiger partial charge in [-0.1, -0.05) is 18.2 Å². The number of benzene rings is 1. The van der Waals surface area contributed by atoms with Crippen molar-refractivity contribution in [2.24, 2.45) is 0 Å². The molecule has 1 aromatic carbocycles. The summed E-state index contributed by atoms with van der Waals surface area (Å²) >= 11 is 0. The Balaban J connectivity index is 2.53. The molecular formula is C10H8F3NO3. The molecule has 1 heterocycles. The number of nitrogens with zero attached hydrogens (tertiary/aromatic N) is 1. The van der Waals surface area contributed by atoms with Gasteiger partial charge in [0.2, 0.25) is 6.10 Å². The second kappa shape index (κ2) is 3.92. The summed E-state index contributed by atoms with van der Waals surface area (Å²) in [5.41, 5.74) is -0.178. The topological polar surface area (TPSA) is 49.8 Å². The molecule has 0 spiro atoms. The van der Waals surface area contributed by atoms with Crippen LogP contribution in [-0.2, 0) is 4.74 Å². The maximum absolute atomic E-state index is 12.7. The first-order valence-electron chi connectivity index (χ1n) is 4.70. The molecule has 0 aromatic heterocycles. The van der Waals surface area contributed by atoms with Gasteiger partial charge in [0.05, 0.1) is 5.69 Å². The molecule has 2 rings (SSSR count). The van der Waals surface area contributed by atoms with E-state index in [0.29, 0.717) is 0 Å². The van der Waals surface area contributed by atoms with E-state index in [2.05, 4.69) is 4.74 Å². The van der Waals surface area contributed by atoms with Crippen molar-refractivity contribution in [1.82, 2.24) is 0 Å². The second-order valence-electron chi connectivity index (χ2n) is 3.43. The summed E-state index contributed by atoms with van der Waals surface area (Å²) < 4.78 is 42.3. The van der Waals surface area contributed by atoms with Crippen LogP contribution < -0.4 is 4.90 Å². The smallest absolute Gasteiger partial charge is 0.430 e. The van der Waals surface area contributed by atoms with Crippen molar-refractivity contribution in [3.63, 3.8) is 0 Å². The van der Waals surface area contributed by atoms with Crippen LogP contribution in [0.2, 0.25) is 0 Å². The standard InChI is InChI=1S/C10H8F3NO3/c11-10(12,13)8-6-3-1-2-4-7(6)14(5-15)9(16)17-8/h1-4,8,15H,5H2. The number of carbonyl (C=O) groups is 1. The van der Waals surface area contributed by atoms with E-state index in [1.165, 1.54) is 24.3 Å². The number of hydrogen-bond acceptors (Lipinski definition) is 3. The number of hydrogen-bond donors (Lipinski definition) is 1. The van der Waals surface area contributed by atoms with Gasteiger partial charge in [-0.15, -0.1) is 0 Å². The van der Waals surface area contributed by atoms with Gasteiger partial charge < -0.3 is 9.84 Å². The maximum atomic E-state index is 12.7. The van der Waals surface area contributed by atoms with E-state index in [0.717, 1.165) is 4.90 Å². The third-order valence-corrected chi connectivity index (χ3v) is 2.39. The number of para-hydroxylation sites is 1. The van der Waals surface area contributed by atoms with Gasteiger partial charge >= 0.3 is 12.3 Å². The van der Waals surface area contributed by atoms with Crippen molar-refractivity contribution in [2.45, 2.75) is 12.3 Å². The molecule has 1 amide bonds. The summed E-state index contributed by atoms with van der Waals surface area (Å²) in [7, 11) is 0. The van der Waals surface area contributed by atoms with Gasteiger partial charge in [-0.3, -0.25) is 4.90 Å². The molecular weight excluding hydrogens is 239 g/mol. The first kappa shape index (κ1) is 11.7. The monoisotopic (exact) mass is 247 g/mol. The van der Waals surface area contributed by atoms with Crippen molar-refractivity contribution in [3.05, 3.63) is 29.8 Å². The molecule has 0 radical (unpaired) electrons. The van der Waals surface area contributed by atoms with E-state index < -0.39 is 25.1 Å². The van der Waals surface area contributed by atoms with Crippen LogP contribution in [-0.4, -0.2) is 24.1 Å². The first-order chi connectivity index (χ1) is 7.95. The number of amides is 1. The highest BCUT2D eigenvalue weighted by Crippen LogP contribution is 2.43. The number of carbonyl (C=O) groups excluding carboxylic acids is 1. The number of fused-ring (bicyclic) bond motifs is 1. The lowest BCUT2D eigenvalue weighted by Crippen LogP contribution is -2.41. The molecule has 0 bridgehead atoms. The molecule has 7 heteroatoms. The Morgan fingerprint density at radius 2 is 2.00 bits per heavy atom. The SMILES string of the molecule is O=C1OC(C(F)(F)F)c2ccccc2N1CO. The lowest BCUT2D eigenvalue weighted by atomic mass is 10.0. The van der Waals surface area contributed by atoms with E-state index >= 15 is 0 Å². The highest BCUT2D eigenvalue weighted by molar-refractivity contribution is 5.90. The van der Waals surface area contributed by atoms with Crippen molar-refractivity contribution in [3.8, 4) is 0 Å². The van der Waals surface area contributed by atoms with Gasteiger partial charge in [0.1, 0.15) is 6.73 Å². The summed E-state index contributed by atoms with van der Waals surface area (Å²) in [6.07, 6.45) is -8.17. The van der Waals surface area contributed by atoms with Crippen LogP contribution in [0.25, 0.3) is 0 Å². The quantitative estimate of drug-likeness (QED) is 0.827. The third-order valence-electron chi connectivity index (χ3n) is 2.39. The van der Waals surface area contributed by atoms with E-state index in [1.54, 1.807) is 0 Å². The maximum Gasteiger partial charge on any atom is 0.430 e. The summed E-state index contributed by atoms with van der Waals surface area (Å²) in [5, 5.41) is 8.94. The van der Waals surface area contributed by atoms with Crippen LogP contribution in [0.1, 0.15) is 11.7 Å². The van der Waals surface area contributed by atoms with Crippen LogP contribution in [0.3, 0.4) is 0 Å². The Morgan fingerprint density at radius 3 is 2.59 bits per heavy atom. The van der Waals surface area contributed by atoms with Gasteiger partial charge in [0, 0.05) is 5.56 Å². The Morgan fingerprint density at radius 1 is 1.35 bits per heavy atom. The molecule has 4 nitrogen and oxygen atoms in total. The van der Waals surface area contributed by atoms with Gasteiger partial charge in [0.25, 0.3) is 0 Å². The van der Waals surface area contributed by atoms with Crippen LogP contribution in [0.4, 0.5) is 23.7 Å². The number of rotatable bonds is 1. The number of alkyl halides is 3. The van der Waals surface area contributed by atoms with Crippen LogP contribution >= 0.6 is 0 Å². The fourth-order valence-electron chi connectivity index (χ4n) is 1.66. The van der Waals surface area contributed by atoms with E-state index in [9.17, 15) is 18.0 Å². The molecule has 1 aliphatic rings. The van der Waals surface area contributed by atoms with E-state index in [-0.39, 0.29) is 11.3 Å². The lowest BCUT2D eigenvalue weighted by Gasteiger charge is -2.33. The second-order valence-corrected chi connectivity index (χ2v) is 3.43. The largest absolute Gasteiger partial charge is 0.431 e. The van der Waals surface area contributed by atoms with Crippen LogP contribution in [0.5, 0.6) is 0 Å². The highest BCUT2D eigenvalue weighted by atomic mass is 19.4. The Kier molecular flexibility index (Phi) is 2.70. The zero-order chi connectivity index (χ0) is 12.6. The number of aliphatic hydroxyl groups excluding tert-OH is 1. The normalized spacial score (nSPS) is 19.9. The predicted molar refractivity (Wildman–Crippen MR) is 51.3 cm³/mol. The highest BCUT2D eigenvalue weighted by Gasteiger charge is 2.49. The number of halogens is 3. The number of cyclic esters (lactones) is 1. The van der Waals surface area contributed by atoms with Crippen molar-refractivity contribution in [2.75, 3.05) is 11.6 Å². The molecule has 0 saturated heterocycles. The Bertz CT molecular complexity index is 447. The molecule has 17 heavy (non-hydrogen) atoms. The van der Waals surface area contributed by atoms with Gasteiger partial charge in [-0.2, -0.15) is 13.2 Å². The molecule has 1 aliphatic heterocycles. The summed E-state index contributed by atoms with van der Waals surface area (Å²) in [4.78, 5) is 12.0. The lowest BCUT2D eigenvalue weighted by molar-refractivity contribution is -0.207. The molecule has 1 aromatic rings. The van der Waals surface area contributed by atoms with E-state index in [4.69, 9.17) is 5.11 Å². The number of anilines is 1. The van der Waals surface area contributed by atoms with Crippen molar-refractivity contribution < 1.29 is 27.8 Å². The molecule has 1 N–H and O–H groups in total. The minimum absolute atomic E-state index is 0.00794. The third kappa shape index (κ3) is 1.93. The predicted octanol–water partition coefficient (Wildman–Crippen LogP) is 2.20. The zero-order valence-corrected chi connectivity index (χ0v) is 8.44. The van der Waals surface area contributed by atoms with E-state index in [1.807, 2.05) is 0 Å². The van der Waals surface area contributed by atoms with Gasteiger partial charge in [-0.05, 0) is 6.07 Å². The average Bonchev–Trinajstić information content (AvgIpc) is 2.27. The minimum atomic E-state index is -4.67. The molecule has 0 aliphatic carbocycles.